The highest BCUT2D eigenvalue weighted by Gasteiger charge is 2.27. The molecule has 0 aliphatic carbocycles. The van der Waals surface area contributed by atoms with Crippen LogP contribution < -0.4 is 0 Å². The summed E-state index contributed by atoms with van der Waals surface area (Å²) >= 11 is 5.66. The maximum absolute atomic E-state index is 13.8. The van der Waals surface area contributed by atoms with E-state index in [0.717, 1.165) is 11.0 Å². The first-order valence-corrected chi connectivity index (χ1v) is 6.39. The average molecular weight is 302 g/mol. The molecule has 0 radical (unpaired) electrons. The van der Waals surface area contributed by atoms with Crippen molar-refractivity contribution in [3.8, 4) is 0 Å². The van der Waals surface area contributed by atoms with Crippen molar-refractivity contribution in [3.63, 3.8) is 0 Å². The minimum absolute atomic E-state index is 0.0674. The smallest absolute Gasteiger partial charge is 0.410 e. The summed E-state index contributed by atoms with van der Waals surface area (Å²) < 4.78 is 19.0. The molecule has 0 N–H and O–H groups in total. The molecule has 0 heterocycles. The van der Waals surface area contributed by atoms with Crippen molar-refractivity contribution in [3.05, 3.63) is 34.6 Å². The van der Waals surface area contributed by atoms with Gasteiger partial charge in [-0.3, -0.25) is 4.90 Å². The van der Waals surface area contributed by atoms with Crippen LogP contribution in [0.3, 0.4) is 0 Å². The van der Waals surface area contributed by atoms with Crippen molar-refractivity contribution in [2.24, 2.45) is 0 Å². The summed E-state index contributed by atoms with van der Waals surface area (Å²) in [6.45, 7) is 5.12. The summed E-state index contributed by atoms with van der Waals surface area (Å²) in [4.78, 5) is 24.2. The van der Waals surface area contributed by atoms with Gasteiger partial charge in [0.15, 0.2) is 0 Å². The number of hydrogen-bond donors (Lipinski definition) is 0. The molecule has 0 bridgehead atoms. The van der Waals surface area contributed by atoms with E-state index >= 15 is 0 Å². The Balaban J connectivity index is 3.01. The van der Waals surface area contributed by atoms with Crippen LogP contribution in [0.15, 0.2) is 18.2 Å². The average Bonchev–Trinajstić information content (AvgIpc) is 2.30. The van der Waals surface area contributed by atoms with Gasteiger partial charge in [0.05, 0.1) is 0 Å². The Labute approximate surface area is 122 Å². The summed E-state index contributed by atoms with van der Waals surface area (Å²) in [5.74, 6) is -0.648. The predicted octanol–water partition coefficient (Wildman–Crippen LogP) is 3.59. The van der Waals surface area contributed by atoms with Crippen molar-refractivity contribution in [1.29, 1.82) is 0 Å². The number of amides is 1. The first-order valence-electron chi connectivity index (χ1n) is 6.02. The lowest BCUT2D eigenvalue weighted by molar-refractivity contribution is -0.112. The fraction of sp³-hybridized carbons (Fsp3) is 0.429. The van der Waals surface area contributed by atoms with Gasteiger partial charge >= 0.3 is 6.09 Å². The van der Waals surface area contributed by atoms with Crippen molar-refractivity contribution >= 4 is 24.0 Å². The molecule has 110 valence electrons. The maximum Gasteiger partial charge on any atom is 0.410 e. The van der Waals surface area contributed by atoms with Gasteiger partial charge in [-0.2, -0.15) is 0 Å². The van der Waals surface area contributed by atoms with E-state index in [2.05, 4.69) is 0 Å². The second-order valence-electron chi connectivity index (χ2n) is 5.34. The molecule has 0 aliphatic rings. The van der Waals surface area contributed by atoms with Gasteiger partial charge in [0.2, 0.25) is 0 Å². The summed E-state index contributed by atoms with van der Waals surface area (Å²) in [6.07, 6.45) is -0.222. The first kappa shape index (κ1) is 16.4. The minimum atomic E-state index is -1.07. The highest BCUT2D eigenvalue weighted by atomic mass is 35.5. The largest absolute Gasteiger partial charge is 0.444 e. The Bertz CT molecular complexity index is 514. The number of likely N-dealkylation sites (N-methyl/N-ethyl adjacent to an activating group) is 1. The zero-order valence-corrected chi connectivity index (χ0v) is 12.6. The number of nitrogens with zero attached hydrogens (tertiary/aromatic N) is 1. The predicted molar refractivity (Wildman–Crippen MR) is 74.2 cm³/mol. The molecule has 1 rings (SSSR count). The first-order chi connectivity index (χ1) is 9.15. The van der Waals surface area contributed by atoms with Crippen molar-refractivity contribution in [2.75, 3.05) is 7.05 Å². The number of carbonyl (C=O) groups is 2. The SMILES string of the molecule is CN(C(=O)OC(C)(C)C)C(C=O)c1ccc(Cl)cc1F. The number of benzene rings is 1. The highest BCUT2D eigenvalue weighted by Crippen LogP contribution is 2.24. The lowest BCUT2D eigenvalue weighted by Crippen LogP contribution is -2.37. The van der Waals surface area contributed by atoms with Crippen LogP contribution in [0.4, 0.5) is 9.18 Å². The number of carbonyl (C=O) groups excluding carboxylic acids is 2. The third-order valence-electron chi connectivity index (χ3n) is 2.51. The highest BCUT2D eigenvalue weighted by molar-refractivity contribution is 6.30. The minimum Gasteiger partial charge on any atom is -0.444 e. The molecule has 1 unspecified atom stereocenters. The molecular formula is C14H17ClFNO3. The standard InChI is InChI=1S/C14H17ClFNO3/c1-14(2,3)20-13(19)17(4)12(8-18)10-6-5-9(15)7-11(10)16/h5-8,12H,1-4H3. The fourth-order valence-corrected chi connectivity index (χ4v) is 1.72. The van der Waals surface area contributed by atoms with Crippen molar-refractivity contribution in [1.82, 2.24) is 4.90 Å². The summed E-state index contributed by atoms with van der Waals surface area (Å²) in [5, 5.41) is 0.218. The van der Waals surface area contributed by atoms with Crippen LogP contribution in [-0.2, 0) is 9.53 Å². The zero-order chi connectivity index (χ0) is 15.5. The van der Waals surface area contributed by atoms with Gasteiger partial charge in [-0.15, -0.1) is 0 Å². The maximum atomic E-state index is 13.8. The number of aldehydes is 1. The Morgan fingerprint density at radius 2 is 2.05 bits per heavy atom. The molecule has 0 saturated carbocycles. The van der Waals surface area contributed by atoms with E-state index in [1.54, 1.807) is 20.8 Å². The topological polar surface area (TPSA) is 46.6 Å². The third-order valence-corrected chi connectivity index (χ3v) is 2.74. The summed E-state index contributed by atoms with van der Waals surface area (Å²) in [6, 6.07) is 2.86. The number of halogens is 2. The Morgan fingerprint density at radius 3 is 2.50 bits per heavy atom. The molecule has 0 saturated heterocycles. The van der Waals surface area contributed by atoms with Gasteiger partial charge in [0.25, 0.3) is 0 Å². The second-order valence-corrected chi connectivity index (χ2v) is 5.77. The molecule has 1 aromatic carbocycles. The molecule has 0 spiro atoms. The van der Waals surface area contributed by atoms with Crippen LogP contribution in [0, 0.1) is 5.82 Å². The van der Waals surface area contributed by atoms with E-state index in [1.807, 2.05) is 0 Å². The van der Waals surface area contributed by atoms with E-state index in [4.69, 9.17) is 16.3 Å². The monoisotopic (exact) mass is 301 g/mol. The van der Waals surface area contributed by atoms with Crippen molar-refractivity contribution < 1.29 is 18.7 Å². The third kappa shape index (κ3) is 4.20. The molecule has 1 aromatic rings. The Kier molecular flexibility index (Phi) is 5.11. The lowest BCUT2D eigenvalue weighted by Gasteiger charge is -2.28. The lowest BCUT2D eigenvalue weighted by atomic mass is 10.1. The second kappa shape index (κ2) is 6.22. The van der Waals surface area contributed by atoms with E-state index in [1.165, 1.54) is 19.2 Å². The van der Waals surface area contributed by atoms with Gasteiger partial charge < -0.3 is 9.53 Å². The fourth-order valence-electron chi connectivity index (χ4n) is 1.56. The van der Waals surface area contributed by atoms with E-state index in [-0.39, 0.29) is 10.6 Å². The van der Waals surface area contributed by atoms with E-state index < -0.39 is 23.6 Å². The molecule has 20 heavy (non-hydrogen) atoms. The molecular weight excluding hydrogens is 285 g/mol. The Hall–Kier alpha value is -1.62. The van der Waals surface area contributed by atoms with Crippen LogP contribution in [0.2, 0.25) is 5.02 Å². The number of hydrogen-bond acceptors (Lipinski definition) is 3. The zero-order valence-electron chi connectivity index (χ0n) is 11.8. The van der Waals surface area contributed by atoms with E-state index in [0.29, 0.717) is 6.29 Å². The van der Waals surface area contributed by atoms with Gasteiger partial charge in [-0.1, -0.05) is 17.7 Å². The van der Waals surface area contributed by atoms with Crippen LogP contribution in [0.1, 0.15) is 32.4 Å². The quantitative estimate of drug-likeness (QED) is 0.802. The van der Waals surface area contributed by atoms with Gasteiger partial charge in [0, 0.05) is 17.6 Å². The van der Waals surface area contributed by atoms with Crippen LogP contribution in [0.5, 0.6) is 0 Å². The van der Waals surface area contributed by atoms with Gasteiger partial charge in [0.1, 0.15) is 23.7 Å². The van der Waals surface area contributed by atoms with E-state index in [9.17, 15) is 14.0 Å². The molecule has 6 heteroatoms. The van der Waals surface area contributed by atoms with Gasteiger partial charge in [-0.05, 0) is 32.9 Å². The molecule has 4 nitrogen and oxygen atoms in total. The Morgan fingerprint density at radius 1 is 1.45 bits per heavy atom. The number of rotatable bonds is 3. The van der Waals surface area contributed by atoms with Crippen molar-refractivity contribution in [2.45, 2.75) is 32.4 Å². The van der Waals surface area contributed by atoms with Crippen LogP contribution in [0.25, 0.3) is 0 Å². The molecule has 1 atom stereocenters. The van der Waals surface area contributed by atoms with Gasteiger partial charge in [-0.25, -0.2) is 9.18 Å². The molecule has 0 fully saturated rings. The molecule has 1 amide bonds. The number of ether oxygens (including phenoxy) is 1. The van der Waals surface area contributed by atoms with Crippen LogP contribution >= 0.6 is 11.6 Å². The summed E-state index contributed by atoms with van der Waals surface area (Å²) in [5.41, 5.74) is -0.630. The summed E-state index contributed by atoms with van der Waals surface area (Å²) in [7, 11) is 1.38. The molecule has 0 aliphatic heterocycles. The molecule has 0 aromatic heterocycles. The van der Waals surface area contributed by atoms with Crippen LogP contribution in [-0.4, -0.2) is 29.9 Å². The normalized spacial score (nSPS) is 12.7.